The van der Waals surface area contributed by atoms with Gasteiger partial charge in [0.1, 0.15) is 11.9 Å². The van der Waals surface area contributed by atoms with Crippen LogP contribution in [-0.2, 0) is 9.84 Å². The molecule has 1 saturated heterocycles. The predicted octanol–water partition coefficient (Wildman–Crippen LogP) is 2.32. The Balaban J connectivity index is 2.11. The van der Waals surface area contributed by atoms with E-state index in [9.17, 15) is 8.42 Å². The molecule has 1 aliphatic rings. The van der Waals surface area contributed by atoms with Gasteiger partial charge >= 0.3 is 0 Å². The first-order valence-electron chi connectivity index (χ1n) is 5.09. The van der Waals surface area contributed by atoms with Crippen molar-refractivity contribution in [2.75, 3.05) is 11.5 Å². The van der Waals surface area contributed by atoms with Gasteiger partial charge in [-0.15, -0.1) is 0 Å². The molecule has 2 rings (SSSR count). The summed E-state index contributed by atoms with van der Waals surface area (Å²) in [6.45, 7) is 1.99. The molecule has 88 valence electrons. The van der Waals surface area contributed by atoms with Crippen LogP contribution in [-0.4, -0.2) is 26.0 Å². The van der Waals surface area contributed by atoms with Gasteiger partial charge in [-0.3, -0.25) is 0 Å². The Bertz CT molecular complexity index is 496. The Labute approximate surface area is 104 Å². The second-order valence-corrected chi connectivity index (χ2v) is 7.16. The van der Waals surface area contributed by atoms with E-state index >= 15 is 0 Å². The first-order chi connectivity index (χ1) is 7.46. The number of ether oxygens (including phenoxy) is 1. The monoisotopic (exact) mass is 304 g/mol. The van der Waals surface area contributed by atoms with E-state index in [2.05, 4.69) is 15.9 Å². The number of halogens is 1. The van der Waals surface area contributed by atoms with Crippen molar-refractivity contribution in [3.05, 3.63) is 28.2 Å². The summed E-state index contributed by atoms with van der Waals surface area (Å²) in [5, 5.41) is 0. The molecule has 0 bridgehead atoms. The number of hydrogen-bond donors (Lipinski definition) is 0. The molecule has 1 heterocycles. The van der Waals surface area contributed by atoms with Gasteiger partial charge in [-0.05, 0) is 47.0 Å². The quantitative estimate of drug-likeness (QED) is 0.842. The molecule has 0 spiro atoms. The Morgan fingerprint density at radius 3 is 2.75 bits per heavy atom. The highest BCUT2D eigenvalue weighted by Gasteiger charge is 2.29. The second-order valence-electron chi connectivity index (χ2n) is 4.08. The molecule has 1 aromatic rings. The molecule has 0 saturated carbocycles. The lowest BCUT2D eigenvalue weighted by molar-refractivity contribution is 0.227. The van der Waals surface area contributed by atoms with Crippen LogP contribution in [0.4, 0.5) is 0 Å². The van der Waals surface area contributed by atoms with Crippen LogP contribution < -0.4 is 4.74 Å². The first kappa shape index (κ1) is 11.9. The standard InChI is InChI=1S/C11H13BrO3S/c1-8-2-3-11(10(12)6-8)15-9-4-5-16(13,14)7-9/h2-3,6,9H,4-5,7H2,1H3. The van der Waals surface area contributed by atoms with Crippen molar-refractivity contribution >= 4 is 25.8 Å². The van der Waals surface area contributed by atoms with Gasteiger partial charge < -0.3 is 4.74 Å². The minimum Gasteiger partial charge on any atom is -0.488 e. The Morgan fingerprint density at radius 2 is 2.19 bits per heavy atom. The van der Waals surface area contributed by atoms with E-state index in [1.54, 1.807) is 0 Å². The summed E-state index contributed by atoms with van der Waals surface area (Å²) >= 11 is 3.41. The zero-order chi connectivity index (χ0) is 11.8. The van der Waals surface area contributed by atoms with E-state index in [1.807, 2.05) is 25.1 Å². The van der Waals surface area contributed by atoms with Crippen molar-refractivity contribution in [1.29, 1.82) is 0 Å². The molecule has 0 radical (unpaired) electrons. The SMILES string of the molecule is Cc1ccc(OC2CCS(=O)(=O)C2)c(Br)c1. The fourth-order valence-electron chi connectivity index (χ4n) is 1.73. The van der Waals surface area contributed by atoms with Crippen molar-refractivity contribution in [1.82, 2.24) is 0 Å². The molecule has 1 aromatic carbocycles. The normalized spacial score (nSPS) is 23.2. The van der Waals surface area contributed by atoms with Crippen molar-refractivity contribution < 1.29 is 13.2 Å². The summed E-state index contributed by atoms with van der Waals surface area (Å²) in [5.74, 6) is 1.08. The van der Waals surface area contributed by atoms with Crippen molar-refractivity contribution in [2.45, 2.75) is 19.4 Å². The average Bonchev–Trinajstić information content (AvgIpc) is 2.51. The number of aryl methyl sites for hydroxylation is 1. The third-order valence-electron chi connectivity index (χ3n) is 2.57. The van der Waals surface area contributed by atoms with Crippen LogP contribution in [0.25, 0.3) is 0 Å². The largest absolute Gasteiger partial charge is 0.488 e. The van der Waals surface area contributed by atoms with Crippen LogP contribution in [0.2, 0.25) is 0 Å². The fourth-order valence-corrected chi connectivity index (χ4v) is 3.91. The lowest BCUT2D eigenvalue weighted by atomic mass is 10.2. The zero-order valence-electron chi connectivity index (χ0n) is 8.94. The average molecular weight is 305 g/mol. The molecule has 1 aliphatic heterocycles. The van der Waals surface area contributed by atoms with E-state index in [0.29, 0.717) is 12.2 Å². The van der Waals surface area contributed by atoms with E-state index in [-0.39, 0.29) is 17.6 Å². The van der Waals surface area contributed by atoms with Crippen LogP contribution in [0.3, 0.4) is 0 Å². The minimum atomic E-state index is -2.88. The van der Waals surface area contributed by atoms with Gasteiger partial charge in [0.15, 0.2) is 9.84 Å². The maximum Gasteiger partial charge on any atom is 0.154 e. The van der Waals surface area contributed by atoms with Gasteiger partial charge in [-0.2, -0.15) is 0 Å². The van der Waals surface area contributed by atoms with Gasteiger partial charge in [-0.1, -0.05) is 6.07 Å². The molecule has 16 heavy (non-hydrogen) atoms. The third kappa shape index (κ3) is 2.77. The molecular weight excluding hydrogens is 292 g/mol. The van der Waals surface area contributed by atoms with E-state index in [4.69, 9.17) is 4.74 Å². The summed E-state index contributed by atoms with van der Waals surface area (Å²) in [6.07, 6.45) is 0.381. The molecular formula is C11H13BrO3S. The second kappa shape index (κ2) is 4.37. The van der Waals surface area contributed by atoms with Crippen LogP contribution >= 0.6 is 15.9 Å². The molecule has 1 atom stereocenters. The fraction of sp³-hybridized carbons (Fsp3) is 0.455. The topological polar surface area (TPSA) is 43.4 Å². The molecule has 1 unspecified atom stereocenters. The number of rotatable bonds is 2. The molecule has 0 aliphatic carbocycles. The first-order valence-corrected chi connectivity index (χ1v) is 7.71. The molecule has 0 aromatic heterocycles. The van der Waals surface area contributed by atoms with Crippen LogP contribution in [0, 0.1) is 6.92 Å². The highest BCUT2D eigenvalue weighted by molar-refractivity contribution is 9.10. The summed E-state index contributed by atoms with van der Waals surface area (Å²) in [4.78, 5) is 0. The highest BCUT2D eigenvalue weighted by atomic mass is 79.9. The van der Waals surface area contributed by atoms with Crippen LogP contribution in [0.5, 0.6) is 5.75 Å². The highest BCUT2D eigenvalue weighted by Crippen LogP contribution is 2.28. The van der Waals surface area contributed by atoms with Crippen LogP contribution in [0.15, 0.2) is 22.7 Å². The molecule has 3 nitrogen and oxygen atoms in total. The minimum absolute atomic E-state index is 0.132. The van der Waals surface area contributed by atoms with Crippen molar-refractivity contribution in [3.63, 3.8) is 0 Å². The molecule has 5 heteroatoms. The van der Waals surface area contributed by atoms with E-state index in [1.165, 1.54) is 0 Å². The van der Waals surface area contributed by atoms with E-state index in [0.717, 1.165) is 10.0 Å². The number of hydrogen-bond acceptors (Lipinski definition) is 3. The number of benzene rings is 1. The van der Waals surface area contributed by atoms with Crippen LogP contribution in [0.1, 0.15) is 12.0 Å². The number of sulfone groups is 1. The Kier molecular flexibility index (Phi) is 3.26. The molecule has 0 N–H and O–H groups in total. The van der Waals surface area contributed by atoms with Gasteiger partial charge in [0.2, 0.25) is 0 Å². The van der Waals surface area contributed by atoms with Gasteiger partial charge in [0.25, 0.3) is 0 Å². The van der Waals surface area contributed by atoms with Crippen molar-refractivity contribution in [3.8, 4) is 5.75 Å². The maximum atomic E-state index is 11.3. The van der Waals surface area contributed by atoms with Crippen molar-refractivity contribution in [2.24, 2.45) is 0 Å². The summed E-state index contributed by atoms with van der Waals surface area (Å²) in [7, 11) is -2.88. The lowest BCUT2D eigenvalue weighted by Crippen LogP contribution is -2.17. The summed E-state index contributed by atoms with van der Waals surface area (Å²) in [6, 6.07) is 5.77. The lowest BCUT2D eigenvalue weighted by Gasteiger charge is -2.13. The Morgan fingerprint density at radius 1 is 1.44 bits per heavy atom. The zero-order valence-corrected chi connectivity index (χ0v) is 11.3. The van der Waals surface area contributed by atoms with Gasteiger partial charge in [0, 0.05) is 0 Å². The predicted molar refractivity (Wildman–Crippen MR) is 66.6 cm³/mol. The van der Waals surface area contributed by atoms with Gasteiger partial charge in [-0.25, -0.2) is 8.42 Å². The smallest absolute Gasteiger partial charge is 0.154 e. The molecule has 0 amide bonds. The van der Waals surface area contributed by atoms with Gasteiger partial charge in [0.05, 0.1) is 16.0 Å². The Hall–Kier alpha value is -0.550. The maximum absolute atomic E-state index is 11.3. The third-order valence-corrected chi connectivity index (χ3v) is 4.93. The summed E-state index contributed by atoms with van der Waals surface area (Å²) in [5.41, 5.74) is 1.14. The van der Waals surface area contributed by atoms with E-state index < -0.39 is 9.84 Å². The summed E-state index contributed by atoms with van der Waals surface area (Å²) < 4.78 is 29.1. The molecule has 1 fully saturated rings.